The van der Waals surface area contributed by atoms with E-state index >= 15 is 0 Å². The van der Waals surface area contributed by atoms with Crippen LogP contribution in [0.2, 0.25) is 0 Å². The Kier molecular flexibility index (Phi) is 7.10. The first-order valence-electron chi connectivity index (χ1n) is 12.9. The molecule has 0 radical (unpaired) electrons. The van der Waals surface area contributed by atoms with Crippen LogP contribution in [0.25, 0.3) is 10.8 Å². The smallest absolute Gasteiger partial charge is 0.253 e. The molecule has 2 aliphatic heterocycles. The number of piperidine rings is 2. The van der Waals surface area contributed by atoms with E-state index in [0.29, 0.717) is 11.5 Å². The van der Waals surface area contributed by atoms with Crippen LogP contribution in [0.3, 0.4) is 0 Å². The van der Waals surface area contributed by atoms with Gasteiger partial charge >= 0.3 is 0 Å². The van der Waals surface area contributed by atoms with E-state index in [0.717, 1.165) is 68.7 Å². The van der Waals surface area contributed by atoms with Crippen LogP contribution in [0.15, 0.2) is 54.7 Å². The third kappa shape index (κ3) is 5.25. The first-order chi connectivity index (χ1) is 16.7. The summed E-state index contributed by atoms with van der Waals surface area (Å²) in [5.74, 6) is 1.55. The number of aryl methyl sites for hydroxylation is 1. The summed E-state index contributed by atoms with van der Waals surface area (Å²) in [4.78, 5) is 22.8. The zero-order chi connectivity index (χ0) is 23.3. The molecule has 34 heavy (non-hydrogen) atoms. The van der Waals surface area contributed by atoms with Crippen molar-refractivity contribution in [3.63, 3.8) is 0 Å². The van der Waals surface area contributed by atoms with Gasteiger partial charge in [-0.05, 0) is 69.0 Å². The van der Waals surface area contributed by atoms with E-state index in [-0.39, 0.29) is 5.91 Å². The zero-order valence-electron chi connectivity index (χ0n) is 20.3. The summed E-state index contributed by atoms with van der Waals surface area (Å²) >= 11 is 0. The summed E-state index contributed by atoms with van der Waals surface area (Å²) in [7, 11) is 0. The molecule has 3 aromatic rings. The number of hydrogen-bond acceptors (Lipinski definition) is 4. The van der Waals surface area contributed by atoms with Gasteiger partial charge in [-0.3, -0.25) is 9.69 Å². The van der Waals surface area contributed by atoms with Crippen LogP contribution in [0.5, 0.6) is 0 Å². The molecule has 0 bridgehead atoms. The molecule has 0 atom stereocenters. The highest BCUT2D eigenvalue weighted by molar-refractivity contribution is 6.09. The minimum absolute atomic E-state index is 0.00363. The van der Waals surface area contributed by atoms with Gasteiger partial charge in [0.15, 0.2) is 0 Å². The van der Waals surface area contributed by atoms with Crippen LogP contribution in [-0.4, -0.2) is 48.5 Å². The highest BCUT2D eigenvalue weighted by Gasteiger charge is 2.22. The minimum atomic E-state index is -0.00363. The van der Waals surface area contributed by atoms with Crippen molar-refractivity contribution in [3.05, 3.63) is 71.4 Å². The normalized spacial score (nSPS) is 17.7. The lowest BCUT2D eigenvalue weighted by molar-refractivity contribution is 0.0936. The number of hydrogen-bond donors (Lipinski definition) is 1. The van der Waals surface area contributed by atoms with Crippen LogP contribution < -0.4 is 10.2 Å². The van der Waals surface area contributed by atoms with Gasteiger partial charge in [0.25, 0.3) is 5.91 Å². The first-order valence-corrected chi connectivity index (χ1v) is 12.9. The van der Waals surface area contributed by atoms with Gasteiger partial charge in [-0.25, -0.2) is 4.98 Å². The Bertz CT molecular complexity index is 1130. The summed E-state index contributed by atoms with van der Waals surface area (Å²) in [6.45, 7) is 8.17. The van der Waals surface area contributed by atoms with Crippen molar-refractivity contribution < 1.29 is 4.79 Å². The van der Waals surface area contributed by atoms with Crippen LogP contribution in [0.1, 0.15) is 53.6 Å². The Hall–Kier alpha value is -2.92. The Morgan fingerprint density at radius 1 is 0.971 bits per heavy atom. The SMILES string of the molecule is Cc1cccc(CN2CCC(CNC(=O)c3cnc(N4CCCCC4)c4ccccc34)CC2)c1. The molecule has 1 amide bonds. The predicted octanol–water partition coefficient (Wildman–Crippen LogP) is 5.18. The predicted molar refractivity (Wildman–Crippen MR) is 139 cm³/mol. The van der Waals surface area contributed by atoms with Gasteiger partial charge < -0.3 is 10.2 Å². The van der Waals surface area contributed by atoms with Crippen LogP contribution in [0, 0.1) is 12.8 Å². The maximum absolute atomic E-state index is 13.2. The Morgan fingerprint density at radius 3 is 2.50 bits per heavy atom. The van der Waals surface area contributed by atoms with Gasteiger partial charge in [0.05, 0.1) is 5.56 Å². The maximum atomic E-state index is 13.2. The zero-order valence-corrected chi connectivity index (χ0v) is 20.3. The average molecular weight is 457 g/mol. The largest absolute Gasteiger partial charge is 0.356 e. The molecule has 5 heteroatoms. The highest BCUT2D eigenvalue weighted by Crippen LogP contribution is 2.29. The van der Waals surface area contributed by atoms with E-state index in [1.165, 1.54) is 30.4 Å². The number of nitrogens with one attached hydrogen (secondary N) is 1. The Balaban J connectivity index is 1.19. The van der Waals surface area contributed by atoms with Crippen molar-refractivity contribution in [2.75, 3.05) is 37.6 Å². The highest BCUT2D eigenvalue weighted by atomic mass is 16.1. The summed E-state index contributed by atoms with van der Waals surface area (Å²) in [6, 6.07) is 17.0. The fraction of sp³-hybridized carbons (Fsp3) is 0.448. The molecular formula is C29H36N4O. The number of aromatic nitrogens is 1. The lowest BCUT2D eigenvalue weighted by atomic mass is 9.96. The molecule has 0 aliphatic carbocycles. The fourth-order valence-corrected chi connectivity index (χ4v) is 5.47. The van der Waals surface area contributed by atoms with Crippen molar-refractivity contribution in [2.45, 2.75) is 45.6 Å². The molecule has 3 heterocycles. The number of anilines is 1. The molecule has 0 saturated carbocycles. The molecule has 5 nitrogen and oxygen atoms in total. The number of fused-ring (bicyclic) bond motifs is 1. The molecule has 2 fully saturated rings. The monoisotopic (exact) mass is 456 g/mol. The van der Waals surface area contributed by atoms with Crippen molar-refractivity contribution in [2.24, 2.45) is 5.92 Å². The molecule has 2 aromatic carbocycles. The number of benzene rings is 2. The van der Waals surface area contributed by atoms with Crippen molar-refractivity contribution in [1.82, 2.24) is 15.2 Å². The number of carbonyl (C=O) groups is 1. The van der Waals surface area contributed by atoms with Gasteiger partial charge in [-0.2, -0.15) is 0 Å². The topological polar surface area (TPSA) is 48.5 Å². The number of nitrogens with zero attached hydrogens (tertiary/aromatic N) is 3. The standard InChI is InChI=1S/C29H36N4O/c1-22-8-7-9-24(18-22)21-32-16-12-23(13-17-32)19-31-29(34)27-20-30-28(33-14-5-2-6-15-33)26-11-4-3-10-25(26)27/h3-4,7-11,18,20,23H,2,5-6,12-17,19,21H2,1H3,(H,31,34). The van der Waals surface area contributed by atoms with Crippen LogP contribution in [-0.2, 0) is 6.54 Å². The molecule has 2 saturated heterocycles. The van der Waals surface area contributed by atoms with E-state index in [1.54, 1.807) is 6.20 Å². The second-order valence-corrected chi connectivity index (χ2v) is 10.0. The van der Waals surface area contributed by atoms with Crippen molar-refractivity contribution in [3.8, 4) is 0 Å². The first kappa shape index (κ1) is 22.9. The number of amides is 1. The number of pyridine rings is 1. The summed E-state index contributed by atoms with van der Waals surface area (Å²) in [5.41, 5.74) is 3.40. The maximum Gasteiger partial charge on any atom is 0.253 e. The third-order valence-electron chi connectivity index (χ3n) is 7.42. The molecule has 0 spiro atoms. The quantitative estimate of drug-likeness (QED) is 0.556. The van der Waals surface area contributed by atoms with E-state index in [1.807, 2.05) is 12.1 Å². The van der Waals surface area contributed by atoms with E-state index in [9.17, 15) is 4.79 Å². The van der Waals surface area contributed by atoms with E-state index < -0.39 is 0 Å². The molecule has 178 valence electrons. The fourth-order valence-electron chi connectivity index (χ4n) is 5.47. The summed E-state index contributed by atoms with van der Waals surface area (Å²) < 4.78 is 0. The molecule has 1 aromatic heterocycles. The van der Waals surface area contributed by atoms with Crippen LogP contribution in [0.4, 0.5) is 5.82 Å². The van der Waals surface area contributed by atoms with Gasteiger partial charge in [-0.15, -0.1) is 0 Å². The number of carbonyl (C=O) groups excluding carboxylic acids is 1. The van der Waals surface area contributed by atoms with Crippen molar-refractivity contribution >= 4 is 22.5 Å². The Labute approximate surface area is 203 Å². The van der Waals surface area contributed by atoms with Crippen molar-refractivity contribution in [1.29, 1.82) is 0 Å². The average Bonchev–Trinajstić information content (AvgIpc) is 2.88. The van der Waals surface area contributed by atoms with Gasteiger partial charge in [0.1, 0.15) is 5.82 Å². The lowest BCUT2D eigenvalue weighted by Crippen LogP contribution is -2.38. The molecular weight excluding hydrogens is 420 g/mol. The summed E-state index contributed by atoms with van der Waals surface area (Å²) in [5, 5.41) is 5.31. The number of likely N-dealkylation sites (tertiary alicyclic amines) is 1. The van der Waals surface area contributed by atoms with Gasteiger partial charge in [-0.1, -0.05) is 54.1 Å². The van der Waals surface area contributed by atoms with Crippen LogP contribution >= 0.6 is 0 Å². The van der Waals surface area contributed by atoms with E-state index in [4.69, 9.17) is 4.98 Å². The van der Waals surface area contributed by atoms with Gasteiger partial charge in [0, 0.05) is 37.8 Å². The second-order valence-electron chi connectivity index (χ2n) is 10.0. The Morgan fingerprint density at radius 2 is 1.74 bits per heavy atom. The molecule has 0 unspecified atom stereocenters. The number of rotatable bonds is 6. The molecule has 1 N–H and O–H groups in total. The van der Waals surface area contributed by atoms with Gasteiger partial charge in [0.2, 0.25) is 0 Å². The summed E-state index contributed by atoms with van der Waals surface area (Å²) in [6.07, 6.45) is 7.74. The van der Waals surface area contributed by atoms with E-state index in [2.05, 4.69) is 58.4 Å². The third-order valence-corrected chi connectivity index (χ3v) is 7.42. The molecule has 5 rings (SSSR count). The lowest BCUT2D eigenvalue weighted by Gasteiger charge is -2.32. The molecule has 2 aliphatic rings. The second kappa shape index (κ2) is 10.6. The minimum Gasteiger partial charge on any atom is -0.356 e.